The van der Waals surface area contributed by atoms with E-state index in [2.05, 4.69) is 19.3 Å². The molecule has 1 aliphatic heterocycles. The van der Waals surface area contributed by atoms with Crippen LogP contribution in [-0.4, -0.2) is 39.0 Å². The first-order chi connectivity index (χ1) is 8.33. The van der Waals surface area contributed by atoms with Crippen molar-refractivity contribution in [2.75, 3.05) is 26.9 Å². The van der Waals surface area contributed by atoms with Gasteiger partial charge in [-0.1, -0.05) is 0 Å². The first-order valence-electron chi connectivity index (χ1n) is 7.20. The predicted octanol–water partition coefficient (Wildman–Crippen LogP) is 2.21. The van der Waals surface area contributed by atoms with E-state index in [1.807, 2.05) is 0 Å². The fourth-order valence-electron chi connectivity index (χ4n) is 3.23. The summed E-state index contributed by atoms with van der Waals surface area (Å²) < 4.78 is 11.2. The summed E-state index contributed by atoms with van der Waals surface area (Å²) in [6.45, 7) is 4.86. The second kappa shape index (κ2) is 6.72. The van der Waals surface area contributed by atoms with Crippen molar-refractivity contribution in [3.63, 3.8) is 0 Å². The molecule has 0 radical (unpaired) electrons. The Morgan fingerprint density at radius 3 is 2.82 bits per heavy atom. The van der Waals surface area contributed by atoms with Crippen LogP contribution < -0.4 is 5.32 Å². The van der Waals surface area contributed by atoms with Gasteiger partial charge in [0.2, 0.25) is 0 Å². The highest BCUT2D eigenvalue weighted by Gasteiger charge is 2.33. The molecule has 2 rings (SSSR count). The van der Waals surface area contributed by atoms with Gasteiger partial charge >= 0.3 is 0 Å². The Hall–Kier alpha value is -0.120. The maximum absolute atomic E-state index is 5.62. The maximum Gasteiger partial charge on any atom is 0.0580 e. The van der Waals surface area contributed by atoms with Crippen molar-refractivity contribution in [3.05, 3.63) is 0 Å². The van der Waals surface area contributed by atoms with E-state index in [0.29, 0.717) is 12.1 Å². The Kier molecular flexibility index (Phi) is 5.26. The molecule has 3 heteroatoms. The molecule has 2 aliphatic rings. The van der Waals surface area contributed by atoms with Crippen LogP contribution in [-0.2, 0) is 9.47 Å². The Morgan fingerprint density at radius 1 is 1.41 bits per heavy atom. The summed E-state index contributed by atoms with van der Waals surface area (Å²) in [5, 5.41) is 3.50. The Bertz CT molecular complexity index is 210. The molecular formula is C14H27NO2. The van der Waals surface area contributed by atoms with Crippen molar-refractivity contribution < 1.29 is 9.47 Å². The van der Waals surface area contributed by atoms with E-state index in [1.54, 1.807) is 0 Å². The first kappa shape index (κ1) is 13.3. The molecule has 1 aliphatic carbocycles. The molecule has 17 heavy (non-hydrogen) atoms. The first-order valence-corrected chi connectivity index (χ1v) is 7.20. The molecular weight excluding hydrogens is 214 g/mol. The molecule has 3 nitrogen and oxygen atoms in total. The molecule has 0 aromatic rings. The van der Waals surface area contributed by atoms with E-state index in [9.17, 15) is 0 Å². The number of hydrogen-bond donors (Lipinski definition) is 1. The third-order valence-electron chi connectivity index (χ3n) is 4.32. The summed E-state index contributed by atoms with van der Waals surface area (Å²) >= 11 is 0. The van der Waals surface area contributed by atoms with Gasteiger partial charge in [0.15, 0.2) is 0 Å². The van der Waals surface area contributed by atoms with Crippen molar-refractivity contribution in [2.24, 2.45) is 11.8 Å². The van der Waals surface area contributed by atoms with Crippen LogP contribution in [0.25, 0.3) is 0 Å². The minimum Gasteiger partial charge on any atom is -0.381 e. The Morgan fingerprint density at radius 2 is 2.24 bits per heavy atom. The number of hydrogen-bond acceptors (Lipinski definition) is 3. The number of ether oxygens (including phenoxy) is 2. The average molecular weight is 241 g/mol. The van der Waals surface area contributed by atoms with Crippen LogP contribution in [0.5, 0.6) is 0 Å². The second-order valence-electron chi connectivity index (χ2n) is 5.52. The van der Waals surface area contributed by atoms with Crippen LogP contribution in [0.3, 0.4) is 0 Å². The van der Waals surface area contributed by atoms with Crippen LogP contribution in [0.15, 0.2) is 0 Å². The fraction of sp³-hybridized carbons (Fsp3) is 1.00. The minimum absolute atomic E-state index is 0.546. The number of rotatable bonds is 6. The lowest BCUT2D eigenvalue weighted by molar-refractivity contribution is -0.0348. The van der Waals surface area contributed by atoms with Crippen LogP contribution in [0.4, 0.5) is 0 Å². The topological polar surface area (TPSA) is 30.5 Å². The lowest BCUT2D eigenvalue weighted by atomic mass is 9.75. The highest BCUT2D eigenvalue weighted by molar-refractivity contribution is 4.87. The fourth-order valence-corrected chi connectivity index (χ4v) is 3.23. The standard InChI is InChI=1S/C14H27NO2/c1-3-17-13-7-11(8-13)9-14(15-2)12-5-4-6-16-10-12/h11-15H,3-10H2,1-2H3. The van der Waals surface area contributed by atoms with Gasteiger partial charge in [0.25, 0.3) is 0 Å². The summed E-state index contributed by atoms with van der Waals surface area (Å²) in [5.74, 6) is 1.59. The van der Waals surface area contributed by atoms with E-state index in [1.165, 1.54) is 32.1 Å². The third kappa shape index (κ3) is 3.67. The summed E-state index contributed by atoms with van der Waals surface area (Å²) in [4.78, 5) is 0. The molecule has 0 aromatic heterocycles. The second-order valence-corrected chi connectivity index (χ2v) is 5.52. The zero-order valence-electron chi connectivity index (χ0n) is 11.3. The van der Waals surface area contributed by atoms with Crippen LogP contribution in [0.1, 0.15) is 39.0 Å². The summed E-state index contributed by atoms with van der Waals surface area (Å²) in [6, 6.07) is 0.642. The molecule has 0 amide bonds. The predicted molar refractivity (Wildman–Crippen MR) is 69.1 cm³/mol. The largest absolute Gasteiger partial charge is 0.381 e. The molecule has 2 atom stereocenters. The highest BCUT2D eigenvalue weighted by atomic mass is 16.5. The molecule has 100 valence electrons. The molecule has 1 saturated carbocycles. The number of nitrogens with one attached hydrogen (secondary N) is 1. The minimum atomic E-state index is 0.546. The van der Waals surface area contributed by atoms with Gasteiger partial charge in [-0.2, -0.15) is 0 Å². The van der Waals surface area contributed by atoms with Crippen molar-refractivity contribution in [2.45, 2.75) is 51.2 Å². The maximum atomic E-state index is 5.62. The monoisotopic (exact) mass is 241 g/mol. The molecule has 0 bridgehead atoms. The Labute approximate surface area is 105 Å². The molecule has 1 heterocycles. The van der Waals surface area contributed by atoms with E-state index in [-0.39, 0.29) is 0 Å². The van der Waals surface area contributed by atoms with Crippen LogP contribution in [0.2, 0.25) is 0 Å². The smallest absolute Gasteiger partial charge is 0.0580 e. The van der Waals surface area contributed by atoms with Gasteiger partial charge in [-0.05, 0) is 57.9 Å². The van der Waals surface area contributed by atoms with Crippen molar-refractivity contribution in [1.29, 1.82) is 0 Å². The normalized spacial score (nSPS) is 35.3. The highest BCUT2D eigenvalue weighted by Crippen LogP contribution is 2.35. The van der Waals surface area contributed by atoms with Crippen molar-refractivity contribution in [1.82, 2.24) is 5.32 Å². The SMILES string of the molecule is CCOC1CC(CC(NC)C2CCCOC2)C1. The molecule has 2 unspecified atom stereocenters. The van der Waals surface area contributed by atoms with Crippen LogP contribution >= 0.6 is 0 Å². The lowest BCUT2D eigenvalue weighted by Gasteiger charge is -2.39. The van der Waals surface area contributed by atoms with E-state index in [4.69, 9.17) is 9.47 Å². The van der Waals surface area contributed by atoms with Crippen molar-refractivity contribution >= 4 is 0 Å². The van der Waals surface area contributed by atoms with Crippen molar-refractivity contribution in [3.8, 4) is 0 Å². The average Bonchev–Trinajstić information content (AvgIpc) is 2.33. The molecule has 1 saturated heterocycles. The van der Waals surface area contributed by atoms with E-state index < -0.39 is 0 Å². The third-order valence-corrected chi connectivity index (χ3v) is 4.32. The van der Waals surface area contributed by atoms with Gasteiger partial charge in [0, 0.05) is 19.3 Å². The van der Waals surface area contributed by atoms with Gasteiger partial charge in [-0.25, -0.2) is 0 Å². The zero-order chi connectivity index (χ0) is 12.1. The summed E-state index contributed by atoms with van der Waals surface area (Å²) in [6.07, 6.45) is 6.93. The lowest BCUT2D eigenvalue weighted by Crippen LogP contribution is -2.43. The van der Waals surface area contributed by atoms with Gasteiger partial charge in [-0.15, -0.1) is 0 Å². The van der Waals surface area contributed by atoms with Gasteiger partial charge in [-0.3, -0.25) is 0 Å². The van der Waals surface area contributed by atoms with Gasteiger partial charge < -0.3 is 14.8 Å². The summed E-state index contributed by atoms with van der Waals surface area (Å²) in [7, 11) is 2.10. The van der Waals surface area contributed by atoms with Crippen LogP contribution in [0, 0.1) is 11.8 Å². The van der Waals surface area contributed by atoms with E-state index >= 15 is 0 Å². The summed E-state index contributed by atoms with van der Waals surface area (Å²) in [5.41, 5.74) is 0. The Balaban J connectivity index is 1.69. The molecule has 1 N–H and O–H groups in total. The zero-order valence-corrected chi connectivity index (χ0v) is 11.3. The van der Waals surface area contributed by atoms with E-state index in [0.717, 1.165) is 31.7 Å². The molecule has 2 fully saturated rings. The molecule has 0 aromatic carbocycles. The quantitative estimate of drug-likeness (QED) is 0.773. The molecule has 0 spiro atoms. The van der Waals surface area contributed by atoms with Gasteiger partial charge in [0.1, 0.15) is 0 Å². The van der Waals surface area contributed by atoms with Gasteiger partial charge in [0.05, 0.1) is 12.7 Å².